The molecule has 0 amide bonds. The second-order valence-electron chi connectivity index (χ2n) is 5.88. The number of rotatable bonds is 7. The van der Waals surface area contributed by atoms with E-state index in [4.69, 9.17) is 10.5 Å². The third kappa shape index (κ3) is 5.65. The smallest absolute Gasteiger partial charge is 0.0659 e. The first-order valence-electron chi connectivity index (χ1n) is 6.91. The van der Waals surface area contributed by atoms with E-state index in [0.29, 0.717) is 18.4 Å². The van der Waals surface area contributed by atoms with Crippen molar-refractivity contribution in [2.24, 2.45) is 17.6 Å². The van der Waals surface area contributed by atoms with Crippen molar-refractivity contribution in [2.45, 2.75) is 40.2 Å². The Bertz CT molecular complexity index is 329. The molecular formula is C16H27NO. The van der Waals surface area contributed by atoms with E-state index in [0.717, 1.165) is 18.6 Å². The lowest BCUT2D eigenvalue weighted by Crippen LogP contribution is -2.18. The lowest BCUT2D eigenvalue weighted by atomic mass is 10.00. The van der Waals surface area contributed by atoms with Crippen LogP contribution in [0.4, 0.5) is 0 Å². The third-order valence-corrected chi connectivity index (χ3v) is 2.80. The number of benzene rings is 1. The zero-order chi connectivity index (χ0) is 13.5. The van der Waals surface area contributed by atoms with Crippen LogP contribution in [0.3, 0.4) is 0 Å². The van der Waals surface area contributed by atoms with Crippen LogP contribution in [0.25, 0.3) is 0 Å². The summed E-state index contributed by atoms with van der Waals surface area (Å²) in [6.07, 6.45) is 1.12. The molecule has 1 aromatic carbocycles. The van der Waals surface area contributed by atoms with Gasteiger partial charge in [-0.1, -0.05) is 52.0 Å². The summed E-state index contributed by atoms with van der Waals surface area (Å²) in [7, 11) is 0. The van der Waals surface area contributed by atoms with E-state index in [1.54, 1.807) is 0 Å². The Hall–Kier alpha value is -0.860. The summed E-state index contributed by atoms with van der Waals surface area (Å²) in [5.41, 5.74) is 8.64. The Morgan fingerprint density at radius 3 is 2.06 bits per heavy atom. The summed E-state index contributed by atoms with van der Waals surface area (Å²) < 4.78 is 5.58. The van der Waals surface area contributed by atoms with Gasteiger partial charge in [0, 0.05) is 6.61 Å². The molecule has 0 saturated carbocycles. The Kier molecular flexibility index (Phi) is 6.37. The summed E-state index contributed by atoms with van der Waals surface area (Å²) in [4.78, 5) is 0. The fraction of sp³-hybridized carbons (Fsp3) is 0.625. The van der Waals surface area contributed by atoms with Crippen LogP contribution in [-0.4, -0.2) is 13.2 Å². The van der Waals surface area contributed by atoms with E-state index in [1.807, 2.05) is 0 Å². The maximum Gasteiger partial charge on any atom is 0.0659 e. The molecule has 0 radical (unpaired) electrons. The van der Waals surface area contributed by atoms with Crippen LogP contribution in [0.2, 0.25) is 0 Å². The van der Waals surface area contributed by atoms with Gasteiger partial charge in [0.25, 0.3) is 0 Å². The molecule has 0 aliphatic rings. The number of nitrogens with two attached hydrogens (primary N) is 1. The fourth-order valence-corrected chi connectivity index (χ4v) is 1.90. The van der Waals surface area contributed by atoms with Crippen molar-refractivity contribution in [1.29, 1.82) is 0 Å². The minimum absolute atomic E-state index is 0.0168. The van der Waals surface area contributed by atoms with Crippen molar-refractivity contribution in [3.63, 3.8) is 0 Å². The van der Waals surface area contributed by atoms with Crippen LogP contribution < -0.4 is 5.73 Å². The summed E-state index contributed by atoms with van der Waals surface area (Å²) >= 11 is 0. The fourth-order valence-electron chi connectivity index (χ4n) is 1.90. The van der Waals surface area contributed by atoms with E-state index < -0.39 is 0 Å². The molecular weight excluding hydrogens is 222 g/mol. The summed E-state index contributed by atoms with van der Waals surface area (Å²) in [6, 6.07) is 8.59. The van der Waals surface area contributed by atoms with Gasteiger partial charge >= 0.3 is 0 Å². The molecule has 2 heteroatoms. The molecule has 0 aliphatic heterocycles. The van der Waals surface area contributed by atoms with E-state index in [-0.39, 0.29) is 6.04 Å². The second kappa shape index (κ2) is 7.55. The normalized spacial score (nSPS) is 13.3. The lowest BCUT2D eigenvalue weighted by molar-refractivity contribution is 0.0983. The van der Waals surface area contributed by atoms with Gasteiger partial charge in [-0.25, -0.2) is 0 Å². The van der Waals surface area contributed by atoms with Gasteiger partial charge in [0.2, 0.25) is 0 Å². The maximum absolute atomic E-state index is 6.11. The molecule has 2 nitrogen and oxygen atoms in total. The highest BCUT2D eigenvalue weighted by Crippen LogP contribution is 2.14. The molecule has 1 unspecified atom stereocenters. The van der Waals surface area contributed by atoms with Gasteiger partial charge in [-0.05, 0) is 29.4 Å². The lowest BCUT2D eigenvalue weighted by Gasteiger charge is -2.14. The van der Waals surface area contributed by atoms with Crippen LogP contribution in [0, 0.1) is 11.8 Å². The van der Waals surface area contributed by atoms with Crippen molar-refractivity contribution in [3.05, 3.63) is 35.4 Å². The zero-order valence-corrected chi connectivity index (χ0v) is 12.1. The molecule has 0 saturated heterocycles. The third-order valence-electron chi connectivity index (χ3n) is 2.80. The van der Waals surface area contributed by atoms with Gasteiger partial charge in [-0.15, -0.1) is 0 Å². The van der Waals surface area contributed by atoms with Crippen molar-refractivity contribution in [3.8, 4) is 0 Å². The van der Waals surface area contributed by atoms with Crippen LogP contribution in [0.5, 0.6) is 0 Å². The Labute approximate surface area is 112 Å². The molecule has 0 spiro atoms. The predicted octanol–water partition coefficient (Wildman–Crippen LogP) is 3.56. The minimum Gasteiger partial charge on any atom is -0.379 e. The van der Waals surface area contributed by atoms with Crippen LogP contribution in [0.1, 0.15) is 44.9 Å². The monoisotopic (exact) mass is 249 g/mol. The molecule has 102 valence electrons. The number of hydrogen-bond donors (Lipinski definition) is 1. The number of ether oxygens (including phenoxy) is 1. The van der Waals surface area contributed by atoms with Gasteiger partial charge in [0.05, 0.1) is 12.6 Å². The molecule has 0 heterocycles. The van der Waals surface area contributed by atoms with E-state index in [9.17, 15) is 0 Å². The van der Waals surface area contributed by atoms with Crippen LogP contribution >= 0.6 is 0 Å². The van der Waals surface area contributed by atoms with Gasteiger partial charge in [-0.3, -0.25) is 0 Å². The predicted molar refractivity (Wildman–Crippen MR) is 77.6 cm³/mol. The topological polar surface area (TPSA) is 35.2 Å². The molecule has 1 aromatic rings. The zero-order valence-electron chi connectivity index (χ0n) is 12.1. The first-order valence-corrected chi connectivity index (χ1v) is 6.91. The highest BCUT2D eigenvalue weighted by atomic mass is 16.5. The highest BCUT2D eigenvalue weighted by Gasteiger charge is 2.07. The quantitative estimate of drug-likeness (QED) is 0.802. The van der Waals surface area contributed by atoms with Crippen LogP contribution in [0.15, 0.2) is 24.3 Å². The molecule has 0 aliphatic carbocycles. The summed E-state index contributed by atoms with van der Waals surface area (Å²) in [5.74, 6) is 1.25. The van der Waals surface area contributed by atoms with E-state index >= 15 is 0 Å². The van der Waals surface area contributed by atoms with Crippen LogP contribution in [-0.2, 0) is 11.2 Å². The van der Waals surface area contributed by atoms with Crippen molar-refractivity contribution in [2.75, 3.05) is 13.2 Å². The molecule has 0 fully saturated rings. The molecule has 0 aromatic heterocycles. The summed E-state index contributed by atoms with van der Waals surface area (Å²) in [6.45, 7) is 10.1. The van der Waals surface area contributed by atoms with E-state index in [1.165, 1.54) is 5.56 Å². The van der Waals surface area contributed by atoms with E-state index in [2.05, 4.69) is 52.0 Å². The van der Waals surface area contributed by atoms with Crippen molar-refractivity contribution < 1.29 is 4.74 Å². The Morgan fingerprint density at radius 2 is 1.56 bits per heavy atom. The van der Waals surface area contributed by atoms with Gasteiger partial charge in [0.15, 0.2) is 0 Å². The second-order valence-corrected chi connectivity index (χ2v) is 5.88. The molecule has 18 heavy (non-hydrogen) atoms. The Morgan fingerprint density at radius 1 is 0.944 bits per heavy atom. The first kappa shape index (κ1) is 15.2. The average molecular weight is 249 g/mol. The molecule has 2 N–H and O–H groups in total. The SMILES string of the molecule is CC(C)COCC(N)c1ccc(CC(C)C)cc1. The molecule has 1 atom stereocenters. The number of hydrogen-bond acceptors (Lipinski definition) is 2. The largest absolute Gasteiger partial charge is 0.379 e. The average Bonchev–Trinajstić information content (AvgIpc) is 2.28. The van der Waals surface area contributed by atoms with Gasteiger partial charge in [0.1, 0.15) is 0 Å². The first-order chi connectivity index (χ1) is 8.49. The standard InChI is InChI=1S/C16H27NO/c1-12(2)9-14-5-7-15(8-6-14)16(17)11-18-10-13(3)4/h5-8,12-13,16H,9-11,17H2,1-4H3. The Balaban J connectivity index is 2.46. The van der Waals surface area contributed by atoms with Crippen molar-refractivity contribution >= 4 is 0 Å². The van der Waals surface area contributed by atoms with Gasteiger partial charge in [-0.2, -0.15) is 0 Å². The minimum atomic E-state index is -0.0168. The maximum atomic E-state index is 6.11. The molecule has 1 rings (SSSR count). The highest BCUT2D eigenvalue weighted by molar-refractivity contribution is 5.25. The molecule has 0 bridgehead atoms. The summed E-state index contributed by atoms with van der Waals surface area (Å²) in [5, 5.41) is 0. The van der Waals surface area contributed by atoms with Crippen molar-refractivity contribution in [1.82, 2.24) is 0 Å². The van der Waals surface area contributed by atoms with Gasteiger partial charge < -0.3 is 10.5 Å².